The first-order valence-corrected chi connectivity index (χ1v) is 6.44. The zero-order valence-electron chi connectivity index (χ0n) is 10.6. The Hall–Kier alpha value is -2.21. The molecule has 1 aliphatic rings. The van der Waals surface area contributed by atoms with Gasteiger partial charge in [0.05, 0.1) is 12.7 Å². The Kier molecular flexibility index (Phi) is 2.79. The topological polar surface area (TPSA) is 53.2 Å². The fourth-order valence-electron chi connectivity index (χ4n) is 2.27. The highest BCUT2D eigenvalue weighted by atomic mass is 16.5. The number of aromatic hydroxyl groups is 1. The molecule has 96 valence electrons. The Morgan fingerprint density at radius 1 is 1.21 bits per heavy atom. The number of ether oxygens (including phenoxy) is 1. The first kappa shape index (κ1) is 11.9. The van der Waals surface area contributed by atoms with Crippen molar-refractivity contribution >= 4 is 10.8 Å². The van der Waals surface area contributed by atoms with Gasteiger partial charge in [-0.05, 0) is 35.7 Å². The van der Waals surface area contributed by atoms with Gasteiger partial charge in [-0.2, -0.15) is 5.26 Å². The molecule has 0 radical (unpaired) electrons. The van der Waals surface area contributed by atoms with Crippen LogP contribution < -0.4 is 4.74 Å². The highest BCUT2D eigenvalue weighted by Gasteiger charge is 2.43. The van der Waals surface area contributed by atoms with Crippen molar-refractivity contribution in [2.75, 3.05) is 6.61 Å². The number of fused-ring (bicyclic) bond motifs is 1. The Bertz CT molecular complexity index is 653. The van der Waals surface area contributed by atoms with Crippen molar-refractivity contribution in [1.29, 1.82) is 5.26 Å². The lowest BCUT2D eigenvalue weighted by Crippen LogP contribution is -2.12. The lowest BCUT2D eigenvalue weighted by molar-refractivity contribution is 0.229. The summed E-state index contributed by atoms with van der Waals surface area (Å²) in [7, 11) is 0. The van der Waals surface area contributed by atoms with Crippen LogP contribution in [0.25, 0.3) is 10.8 Å². The van der Waals surface area contributed by atoms with E-state index >= 15 is 0 Å². The molecule has 0 bridgehead atoms. The molecule has 0 unspecified atom stereocenters. The molecule has 0 spiro atoms. The Morgan fingerprint density at radius 3 is 2.53 bits per heavy atom. The molecular weight excluding hydrogens is 238 g/mol. The third-order valence-corrected chi connectivity index (χ3v) is 3.77. The molecule has 0 aliphatic heterocycles. The molecule has 2 aromatic carbocycles. The van der Waals surface area contributed by atoms with Gasteiger partial charge in [0.2, 0.25) is 0 Å². The number of rotatable bonds is 4. The second-order valence-electron chi connectivity index (χ2n) is 5.29. The van der Waals surface area contributed by atoms with Gasteiger partial charge in [0.25, 0.3) is 0 Å². The molecule has 2 aromatic rings. The van der Waals surface area contributed by atoms with Gasteiger partial charge in [-0.25, -0.2) is 0 Å². The summed E-state index contributed by atoms with van der Waals surface area (Å²) in [6.45, 7) is 0.506. The third-order valence-electron chi connectivity index (χ3n) is 3.77. The monoisotopic (exact) mass is 253 g/mol. The van der Waals surface area contributed by atoms with E-state index < -0.39 is 0 Å². The van der Waals surface area contributed by atoms with Crippen molar-refractivity contribution in [3.05, 3.63) is 36.4 Å². The van der Waals surface area contributed by atoms with E-state index in [1.54, 1.807) is 6.07 Å². The van der Waals surface area contributed by atoms with Crippen molar-refractivity contribution in [3.63, 3.8) is 0 Å². The predicted octanol–water partition coefficient (Wildman–Crippen LogP) is 3.62. The molecule has 3 heteroatoms. The van der Waals surface area contributed by atoms with Gasteiger partial charge in [-0.1, -0.05) is 24.3 Å². The summed E-state index contributed by atoms with van der Waals surface area (Å²) >= 11 is 0. The third kappa shape index (κ3) is 2.34. The fraction of sp³-hybridized carbons (Fsp3) is 0.312. The molecule has 0 heterocycles. The number of benzene rings is 2. The molecular formula is C16H15NO2. The lowest BCUT2D eigenvalue weighted by atomic mass is 10.1. The Morgan fingerprint density at radius 2 is 1.89 bits per heavy atom. The Labute approximate surface area is 112 Å². The van der Waals surface area contributed by atoms with Crippen LogP contribution in [0.5, 0.6) is 11.5 Å². The molecule has 3 nitrogen and oxygen atoms in total. The number of phenols is 1. The lowest BCUT2D eigenvalue weighted by Gasteiger charge is -2.14. The predicted molar refractivity (Wildman–Crippen MR) is 73.0 cm³/mol. The van der Waals surface area contributed by atoms with Crippen LogP contribution in [0.15, 0.2) is 36.4 Å². The fourth-order valence-corrected chi connectivity index (χ4v) is 2.27. The second-order valence-corrected chi connectivity index (χ2v) is 5.29. The first-order chi connectivity index (χ1) is 9.22. The summed E-state index contributed by atoms with van der Waals surface area (Å²) in [4.78, 5) is 0. The minimum absolute atomic E-state index is 0.0207. The SMILES string of the molecule is N#CCC1(COc2cc3ccccc3cc2O)CC1. The molecule has 1 fully saturated rings. The van der Waals surface area contributed by atoms with Gasteiger partial charge >= 0.3 is 0 Å². The van der Waals surface area contributed by atoms with Gasteiger partial charge in [-0.15, -0.1) is 0 Å². The molecule has 0 atom stereocenters. The minimum Gasteiger partial charge on any atom is -0.504 e. The van der Waals surface area contributed by atoms with E-state index in [9.17, 15) is 5.11 Å². The van der Waals surface area contributed by atoms with E-state index in [1.165, 1.54) is 0 Å². The van der Waals surface area contributed by atoms with E-state index in [4.69, 9.17) is 10.00 Å². The Balaban J connectivity index is 1.81. The zero-order chi connectivity index (χ0) is 13.3. The molecule has 3 rings (SSSR count). The standard InChI is InChI=1S/C16H15NO2/c17-8-7-16(5-6-16)11-19-15-10-13-4-2-1-3-12(13)9-14(15)18/h1-4,9-10,18H,5-7,11H2. The summed E-state index contributed by atoms with van der Waals surface area (Å²) in [6.07, 6.45) is 2.60. The average Bonchev–Trinajstić information content (AvgIpc) is 3.17. The number of hydrogen-bond acceptors (Lipinski definition) is 3. The van der Waals surface area contributed by atoms with E-state index in [0.29, 0.717) is 18.8 Å². The highest BCUT2D eigenvalue weighted by molar-refractivity contribution is 5.85. The van der Waals surface area contributed by atoms with Crippen molar-refractivity contribution in [2.45, 2.75) is 19.3 Å². The summed E-state index contributed by atoms with van der Waals surface area (Å²) in [5.74, 6) is 0.661. The van der Waals surface area contributed by atoms with Gasteiger partial charge in [0.1, 0.15) is 0 Å². The van der Waals surface area contributed by atoms with Crippen LogP contribution in [0.1, 0.15) is 19.3 Å². The van der Waals surface area contributed by atoms with Crippen molar-refractivity contribution in [1.82, 2.24) is 0 Å². The van der Waals surface area contributed by atoms with E-state index in [1.807, 2.05) is 30.3 Å². The second kappa shape index (κ2) is 4.47. The average molecular weight is 253 g/mol. The van der Waals surface area contributed by atoms with E-state index in [-0.39, 0.29) is 11.2 Å². The zero-order valence-corrected chi connectivity index (χ0v) is 10.6. The minimum atomic E-state index is 0.0207. The summed E-state index contributed by atoms with van der Waals surface area (Å²) in [5.41, 5.74) is 0.0207. The van der Waals surface area contributed by atoms with Crippen LogP contribution in [-0.2, 0) is 0 Å². The quantitative estimate of drug-likeness (QED) is 0.905. The number of nitriles is 1. The maximum atomic E-state index is 9.97. The summed E-state index contributed by atoms with van der Waals surface area (Å²) < 4.78 is 5.72. The van der Waals surface area contributed by atoms with Crippen LogP contribution in [0.3, 0.4) is 0 Å². The molecule has 1 N–H and O–H groups in total. The van der Waals surface area contributed by atoms with Crippen molar-refractivity contribution in [3.8, 4) is 17.6 Å². The number of hydrogen-bond donors (Lipinski definition) is 1. The first-order valence-electron chi connectivity index (χ1n) is 6.44. The smallest absolute Gasteiger partial charge is 0.161 e. The maximum absolute atomic E-state index is 9.97. The number of phenolic OH excluding ortho intramolecular Hbond substituents is 1. The summed E-state index contributed by atoms with van der Waals surface area (Å²) in [6, 6.07) is 13.6. The van der Waals surface area contributed by atoms with Crippen molar-refractivity contribution < 1.29 is 9.84 Å². The largest absolute Gasteiger partial charge is 0.504 e. The molecule has 0 amide bonds. The normalized spacial score (nSPS) is 15.9. The summed E-state index contributed by atoms with van der Waals surface area (Å²) in [5, 5.41) is 20.8. The van der Waals surface area contributed by atoms with Gasteiger partial charge in [0.15, 0.2) is 11.5 Å². The molecule has 1 saturated carbocycles. The van der Waals surface area contributed by atoms with Crippen LogP contribution in [-0.4, -0.2) is 11.7 Å². The van der Waals surface area contributed by atoms with Crippen molar-refractivity contribution in [2.24, 2.45) is 5.41 Å². The van der Waals surface area contributed by atoms with Gasteiger partial charge < -0.3 is 9.84 Å². The molecule has 1 aliphatic carbocycles. The van der Waals surface area contributed by atoms with E-state index in [2.05, 4.69) is 6.07 Å². The molecule has 19 heavy (non-hydrogen) atoms. The van der Waals surface area contributed by atoms with Crippen LogP contribution in [0, 0.1) is 16.7 Å². The van der Waals surface area contributed by atoms with E-state index in [0.717, 1.165) is 23.6 Å². The van der Waals surface area contributed by atoms with Crippen LogP contribution >= 0.6 is 0 Å². The van der Waals surface area contributed by atoms with Crippen LogP contribution in [0.4, 0.5) is 0 Å². The number of nitrogens with zero attached hydrogens (tertiary/aromatic N) is 1. The molecule has 0 saturated heterocycles. The van der Waals surface area contributed by atoms with Crippen LogP contribution in [0.2, 0.25) is 0 Å². The molecule has 0 aromatic heterocycles. The highest BCUT2D eigenvalue weighted by Crippen LogP contribution is 2.49. The maximum Gasteiger partial charge on any atom is 0.161 e. The van der Waals surface area contributed by atoms with Gasteiger partial charge in [0, 0.05) is 11.8 Å². The van der Waals surface area contributed by atoms with Gasteiger partial charge in [-0.3, -0.25) is 0 Å².